The molecule has 0 aromatic carbocycles. The molecule has 0 spiro atoms. The van der Waals surface area contributed by atoms with E-state index >= 15 is 0 Å². The molecule has 0 bridgehead atoms. The molecule has 2 aliphatic heterocycles. The zero-order chi connectivity index (χ0) is 26.1. The number of hydrogen-bond acceptors (Lipinski definition) is 6. The van der Waals surface area contributed by atoms with Gasteiger partial charge in [-0.3, -0.25) is 4.90 Å². The van der Waals surface area contributed by atoms with E-state index in [1.807, 2.05) is 36.9 Å². The van der Waals surface area contributed by atoms with Crippen molar-refractivity contribution in [2.45, 2.75) is 72.3 Å². The van der Waals surface area contributed by atoms with Crippen molar-refractivity contribution in [1.29, 1.82) is 0 Å². The Morgan fingerprint density at radius 2 is 1.95 bits per heavy atom. The van der Waals surface area contributed by atoms with Gasteiger partial charge in [-0.2, -0.15) is 5.10 Å². The second-order valence-corrected chi connectivity index (χ2v) is 10.6. The summed E-state index contributed by atoms with van der Waals surface area (Å²) in [5, 5.41) is 4.64. The highest BCUT2D eigenvalue weighted by molar-refractivity contribution is 5.95. The first-order chi connectivity index (χ1) is 17.9. The summed E-state index contributed by atoms with van der Waals surface area (Å²) in [6, 6.07) is 6.35. The second-order valence-electron chi connectivity index (χ2n) is 10.6. The van der Waals surface area contributed by atoms with E-state index in [2.05, 4.69) is 52.3 Å². The Kier molecular flexibility index (Phi) is 7.70. The zero-order valence-electron chi connectivity index (χ0n) is 22.9. The Morgan fingerprint density at radius 1 is 1.16 bits per heavy atom. The largest absolute Gasteiger partial charge is 0.459 e. The first kappa shape index (κ1) is 25.9. The van der Waals surface area contributed by atoms with E-state index in [0.29, 0.717) is 5.56 Å². The number of piperazine rings is 1. The topological polar surface area (TPSA) is 64.2 Å². The molecule has 2 unspecified atom stereocenters. The molecule has 2 aliphatic rings. The summed E-state index contributed by atoms with van der Waals surface area (Å²) in [5.41, 5.74) is 5.81. The van der Waals surface area contributed by atoms with Crippen LogP contribution >= 0.6 is 0 Å². The van der Waals surface area contributed by atoms with Crippen molar-refractivity contribution in [3.63, 3.8) is 0 Å². The molecular formula is C29H41N5O3. The Bertz CT molecular complexity index is 1230. The van der Waals surface area contributed by atoms with Crippen LogP contribution in [-0.2, 0) is 9.47 Å². The van der Waals surface area contributed by atoms with Gasteiger partial charge >= 0.3 is 5.97 Å². The molecule has 5 heterocycles. The van der Waals surface area contributed by atoms with Crippen LogP contribution in [0.5, 0.6) is 0 Å². The van der Waals surface area contributed by atoms with Crippen LogP contribution in [0.4, 0.5) is 0 Å². The molecule has 0 N–H and O–H groups in total. The molecule has 0 radical (unpaired) electrons. The number of hydrogen-bond donors (Lipinski definition) is 0. The van der Waals surface area contributed by atoms with Crippen LogP contribution in [0.1, 0.15) is 80.8 Å². The van der Waals surface area contributed by atoms with Gasteiger partial charge in [0.25, 0.3) is 0 Å². The summed E-state index contributed by atoms with van der Waals surface area (Å²) in [6.45, 7) is 16.3. The molecule has 0 aliphatic carbocycles. The van der Waals surface area contributed by atoms with Crippen molar-refractivity contribution < 1.29 is 14.3 Å². The molecule has 0 amide bonds. The Morgan fingerprint density at radius 3 is 2.62 bits per heavy atom. The standard InChI is InChI=1S/C29H41N5O3/c1-6-31-14-16-32(17-15-31)22(5)28-21(4)24(29(35)37-20(2)3)19-26-23(11-13-33(26)28)25-10-12-30-34(25)27-9-7-8-18-36-27/h10-13,19-20,22,27H,6-9,14-18H2,1-5H3. The zero-order valence-corrected chi connectivity index (χ0v) is 22.9. The van der Waals surface area contributed by atoms with Gasteiger partial charge in [0.15, 0.2) is 6.23 Å². The number of fused-ring (bicyclic) bond motifs is 1. The number of pyridine rings is 1. The van der Waals surface area contributed by atoms with Gasteiger partial charge < -0.3 is 18.8 Å². The van der Waals surface area contributed by atoms with Crippen LogP contribution in [0.15, 0.2) is 30.6 Å². The minimum absolute atomic E-state index is 0.0576. The summed E-state index contributed by atoms with van der Waals surface area (Å²) in [5.74, 6) is -0.268. The maximum Gasteiger partial charge on any atom is 0.338 e. The quantitative estimate of drug-likeness (QED) is 0.416. The molecule has 2 atom stereocenters. The van der Waals surface area contributed by atoms with E-state index in [9.17, 15) is 4.79 Å². The molecule has 8 nitrogen and oxygen atoms in total. The van der Waals surface area contributed by atoms with Crippen LogP contribution in [-0.4, -0.2) is 75.4 Å². The number of ether oxygens (including phenoxy) is 2. The first-order valence-corrected chi connectivity index (χ1v) is 13.9. The minimum Gasteiger partial charge on any atom is -0.459 e. The number of carbonyl (C=O) groups is 1. The maximum atomic E-state index is 13.3. The predicted molar refractivity (Wildman–Crippen MR) is 145 cm³/mol. The van der Waals surface area contributed by atoms with Gasteiger partial charge in [-0.05, 0) is 77.3 Å². The molecular weight excluding hydrogens is 466 g/mol. The van der Waals surface area contributed by atoms with Gasteiger partial charge in [0.2, 0.25) is 0 Å². The fourth-order valence-electron chi connectivity index (χ4n) is 5.90. The SMILES string of the molecule is CCN1CCN(C(C)c2c(C)c(C(=O)OC(C)C)cc3c(-c4ccnn4C4CCCCO4)ccn23)CC1. The Hall–Kier alpha value is -2.68. The van der Waals surface area contributed by atoms with Gasteiger partial charge in [-0.15, -0.1) is 0 Å². The third kappa shape index (κ3) is 5.07. The highest BCUT2D eigenvalue weighted by Gasteiger charge is 2.29. The molecule has 0 saturated carbocycles. The summed E-state index contributed by atoms with van der Waals surface area (Å²) >= 11 is 0. The molecule has 5 rings (SSSR count). The number of likely N-dealkylation sites (N-methyl/N-ethyl adjacent to an activating group) is 1. The smallest absolute Gasteiger partial charge is 0.338 e. The lowest BCUT2D eigenvalue weighted by Gasteiger charge is -2.38. The molecule has 2 saturated heterocycles. The predicted octanol–water partition coefficient (Wildman–Crippen LogP) is 5.07. The van der Waals surface area contributed by atoms with E-state index < -0.39 is 0 Å². The van der Waals surface area contributed by atoms with Crippen molar-refractivity contribution in [2.75, 3.05) is 39.3 Å². The van der Waals surface area contributed by atoms with Crippen LogP contribution in [0.2, 0.25) is 0 Å². The lowest BCUT2D eigenvalue weighted by Crippen LogP contribution is -2.47. The van der Waals surface area contributed by atoms with Crippen LogP contribution in [0, 0.1) is 6.92 Å². The van der Waals surface area contributed by atoms with Crippen molar-refractivity contribution in [1.82, 2.24) is 24.0 Å². The minimum atomic E-state index is -0.268. The average Bonchev–Trinajstić information content (AvgIpc) is 3.55. The van der Waals surface area contributed by atoms with Gasteiger partial charge in [-0.1, -0.05) is 6.92 Å². The first-order valence-electron chi connectivity index (χ1n) is 13.9. The molecule has 3 aromatic heterocycles. The summed E-state index contributed by atoms with van der Waals surface area (Å²) in [4.78, 5) is 18.3. The lowest BCUT2D eigenvalue weighted by molar-refractivity contribution is -0.0383. The van der Waals surface area contributed by atoms with Gasteiger partial charge in [0.05, 0.1) is 22.9 Å². The van der Waals surface area contributed by atoms with Crippen LogP contribution < -0.4 is 0 Å². The maximum absolute atomic E-state index is 13.3. The van der Waals surface area contributed by atoms with Crippen molar-refractivity contribution in [3.05, 3.63) is 47.4 Å². The van der Waals surface area contributed by atoms with E-state index in [4.69, 9.17) is 9.47 Å². The lowest BCUT2D eigenvalue weighted by atomic mass is 10.00. The van der Waals surface area contributed by atoms with E-state index in [1.165, 1.54) is 0 Å². The van der Waals surface area contributed by atoms with E-state index in [0.717, 1.165) is 86.6 Å². The van der Waals surface area contributed by atoms with E-state index in [1.54, 1.807) is 0 Å². The average molecular weight is 508 g/mol. The monoisotopic (exact) mass is 507 g/mol. The number of rotatable bonds is 7. The number of esters is 1. The fourth-order valence-corrected chi connectivity index (χ4v) is 5.90. The summed E-state index contributed by atoms with van der Waals surface area (Å²) in [7, 11) is 0. The Balaban J connectivity index is 1.61. The summed E-state index contributed by atoms with van der Waals surface area (Å²) < 4.78 is 16.0. The number of aromatic nitrogens is 3. The van der Waals surface area contributed by atoms with Crippen molar-refractivity contribution >= 4 is 11.5 Å². The van der Waals surface area contributed by atoms with Gasteiger partial charge in [0, 0.05) is 62.5 Å². The summed E-state index contributed by atoms with van der Waals surface area (Å²) in [6.07, 6.45) is 6.93. The second kappa shape index (κ2) is 11.0. The third-order valence-corrected chi connectivity index (χ3v) is 7.99. The molecule has 8 heteroatoms. The number of nitrogens with zero attached hydrogens (tertiary/aromatic N) is 5. The highest BCUT2D eigenvalue weighted by Crippen LogP contribution is 2.36. The fraction of sp³-hybridized carbons (Fsp3) is 0.586. The highest BCUT2D eigenvalue weighted by atomic mass is 16.5. The van der Waals surface area contributed by atoms with Crippen molar-refractivity contribution in [3.8, 4) is 11.3 Å². The van der Waals surface area contributed by atoms with E-state index in [-0.39, 0.29) is 24.3 Å². The molecule has 200 valence electrons. The third-order valence-electron chi connectivity index (χ3n) is 7.99. The number of carbonyl (C=O) groups excluding carboxylic acids is 1. The normalized spacial score (nSPS) is 20.5. The molecule has 2 fully saturated rings. The van der Waals surface area contributed by atoms with Crippen molar-refractivity contribution in [2.24, 2.45) is 0 Å². The van der Waals surface area contributed by atoms with Crippen LogP contribution in [0.25, 0.3) is 16.8 Å². The Labute approximate surface area is 220 Å². The van der Waals surface area contributed by atoms with Gasteiger partial charge in [-0.25, -0.2) is 9.48 Å². The molecule has 3 aromatic rings. The van der Waals surface area contributed by atoms with Gasteiger partial charge in [0.1, 0.15) is 0 Å². The molecule has 37 heavy (non-hydrogen) atoms. The van der Waals surface area contributed by atoms with Crippen LogP contribution in [0.3, 0.4) is 0 Å².